The maximum Gasteiger partial charge on any atom is 0.147 e. The summed E-state index contributed by atoms with van der Waals surface area (Å²) in [4.78, 5) is 2.40. The van der Waals surface area contributed by atoms with Crippen LogP contribution in [0.5, 0.6) is 0 Å². The average Bonchev–Trinajstić information content (AvgIpc) is 2.34. The molecule has 2 atom stereocenters. The van der Waals surface area contributed by atoms with Crippen LogP contribution in [0.4, 0.5) is 0 Å². The number of nitrogens with one attached hydrogen (secondary N) is 1. The van der Waals surface area contributed by atoms with Crippen LogP contribution in [0.3, 0.4) is 0 Å². The molecule has 0 aromatic rings. The molecule has 0 aliphatic carbocycles. The molecule has 5 nitrogen and oxygen atoms in total. The van der Waals surface area contributed by atoms with Crippen LogP contribution in [0.1, 0.15) is 26.7 Å². The Morgan fingerprint density at radius 2 is 2.16 bits per heavy atom. The summed E-state index contributed by atoms with van der Waals surface area (Å²) in [5.74, 6) is 0.221. The summed E-state index contributed by atoms with van der Waals surface area (Å²) >= 11 is 0. The van der Waals surface area contributed by atoms with Gasteiger partial charge in [0.15, 0.2) is 0 Å². The first-order valence-electron chi connectivity index (χ1n) is 7.21. The van der Waals surface area contributed by atoms with Crippen molar-refractivity contribution in [2.45, 2.75) is 38.8 Å². The molecule has 0 bridgehead atoms. The van der Waals surface area contributed by atoms with Crippen LogP contribution in [0.15, 0.2) is 0 Å². The molecule has 1 fully saturated rings. The van der Waals surface area contributed by atoms with Gasteiger partial charge in [-0.25, -0.2) is 8.42 Å². The van der Waals surface area contributed by atoms with Gasteiger partial charge in [-0.15, -0.1) is 0 Å². The molecule has 0 radical (unpaired) electrons. The lowest BCUT2D eigenvalue weighted by molar-refractivity contribution is -0.0464. The summed E-state index contributed by atoms with van der Waals surface area (Å²) in [5, 5.41) is 3.37. The third-order valence-corrected chi connectivity index (χ3v) is 4.41. The second-order valence-electron chi connectivity index (χ2n) is 5.29. The van der Waals surface area contributed by atoms with Gasteiger partial charge in [-0.05, 0) is 25.9 Å². The van der Waals surface area contributed by atoms with Gasteiger partial charge in [0.1, 0.15) is 9.84 Å². The third-order valence-electron chi connectivity index (χ3n) is 3.43. The molecule has 114 valence electrons. The predicted molar refractivity (Wildman–Crippen MR) is 78.3 cm³/mol. The van der Waals surface area contributed by atoms with Gasteiger partial charge in [-0.2, -0.15) is 0 Å². The van der Waals surface area contributed by atoms with E-state index in [2.05, 4.69) is 17.1 Å². The summed E-state index contributed by atoms with van der Waals surface area (Å²) < 4.78 is 28.5. The Kier molecular flexibility index (Phi) is 7.28. The van der Waals surface area contributed by atoms with Crippen molar-refractivity contribution in [2.24, 2.45) is 0 Å². The van der Waals surface area contributed by atoms with E-state index in [9.17, 15) is 8.42 Å². The van der Waals surface area contributed by atoms with Crippen molar-refractivity contribution < 1.29 is 13.2 Å². The van der Waals surface area contributed by atoms with Crippen LogP contribution in [0, 0.1) is 0 Å². The van der Waals surface area contributed by atoms with Gasteiger partial charge in [0.05, 0.1) is 18.5 Å². The summed E-state index contributed by atoms with van der Waals surface area (Å²) in [6.07, 6.45) is 3.15. The predicted octanol–water partition coefficient (Wildman–Crippen LogP) is 0.510. The number of ether oxygens (including phenoxy) is 1. The molecule has 1 N–H and O–H groups in total. The molecule has 0 aromatic carbocycles. The Bertz CT molecular complexity index is 344. The van der Waals surface area contributed by atoms with Gasteiger partial charge in [-0.1, -0.05) is 13.8 Å². The number of hydrogen-bond donors (Lipinski definition) is 1. The Labute approximate surface area is 117 Å². The molecule has 19 heavy (non-hydrogen) atoms. The monoisotopic (exact) mass is 292 g/mol. The van der Waals surface area contributed by atoms with Gasteiger partial charge in [0, 0.05) is 25.4 Å². The smallest absolute Gasteiger partial charge is 0.147 e. The van der Waals surface area contributed by atoms with Crippen molar-refractivity contribution in [1.29, 1.82) is 0 Å². The van der Waals surface area contributed by atoms with E-state index in [0.717, 1.165) is 39.2 Å². The highest BCUT2D eigenvalue weighted by Gasteiger charge is 2.27. The lowest BCUT2D eigenvalue weighted by Crippen LogP contribution is -2.52. The van der Waals surface area contributed by atoms with Crippen LogP contribution >= 0.6 is 0 Å². The number of nitrogens with zero attached hydrogens (tertiary/aromatic N) is 1. The molecule has 0 saturated carbocycles. The molecule has 0 spiro atoms. The molecule has 1 rings (SSSR count). The fourth-order valence-corrected chi connectivity index (χ4v) is 3.20. The van der Waals surface area contributed by atoms with E-state index in [4.69, 9.17) is 4.74 Å². The topological polar surface area (TPSA) is 58.6 Å². The number of rotatable bonds is 8. The van der Waals surface area contributed by atoms with Crippen LogP contribution in [-0.4, -0.2) is 70.3 Å². The highest BCUT2D eigenvalue weighted by Crippen LogP contribution is 2.13. The fourth-order valence-electron chi connectivity index (χ4n) is 2.52. The number of likely N-dealkylation sites (N-methyl/N-ethyl adjacent to an activating group) is 1. The Morgan fingerprint density at radius 1 is 1.42 bits per heavy atom. The van der Waals surface area contributed by atoms with Crippen molar-refractivity contribution in [3.63, 3.8) is 0 Å². The van der Waals surface area contributed by atoms with Crippen molar-refractivity contribution in [3.8, 4) is 0 Å². The van der Waals surface area contributed by atoms with Gasteiger partial charge in [0.2, 0.25) is 0 Å². The van der Waals surface area contributed by atoms with Gasteiger partial charge < -0.3 is 10.1 Å². The molecule has 1 saturated heterocycles. The molecule has 1 aliphatic heterocycles. The minimum absolute atomic E-state index is 0.0991. The SMILES string of the molecule is CCCN1CCOC(C(CCS(C)(=O)=O)NCC)C1. The van der Waals surface area contributed by atoms with E-state index < -0.39 is 9.84 Å². The van der Waals surface area contributed by atoms with Crippen LogP contribution in [0.2, 0.25) is 0 Å². The number of sulfone groups is 1. The quantitative estimate of drug-likeness (QED) is 0.706. The minimum atomic E-state index is -2.91. The van der Waals surface area contributed by atoms with Crippen molar-refractivity contribution in [3.05, 3.63) is 0 Å². The largest absolute Gasteiger partial charge is 0.374 e. The lowest BCUT2D eigenvalue weighted by atomic mass is 10.1. The van der Waals surface area contributed by atoms with Gasteiger partial charge in [-0.3, -0.25) is 4.90 Å². The zero-order valence-corrected chi connectivity index (χ0v) is 13.2. The first kappa shape index (κ1) is 16.9. The molecule has 2 unspecified atom stereocenters. The fraction of sp³-hybridized carbons (Fsp3) is 1.00. The van der Waals surface area contributed by atoms with Crippen LogP contribution in [-0.2, 0) is 14.6 Å². The Balaban J connectivity index is 2.54. The number of hydrogen-bond acceptors (Lipinski definition) is 5. The van der Waals surface area contributed by atoms with E-state index in [1.165, 1.54) is 6.26 Å². The third kappa shape index (κ3) is 6.70. The summed E-state index contributed by atoms with van der Waals surface area (Å²) in [6.45, 7) is 8.76. The zero-order valence-electron chi connectivity index (χ0n) is 12.4. The highest BCUT2D eigenvalue weighted by atomic mass is 32.2. The lowest BCUT2D eigenvalue weighted by Gasteiger charge is -2.37. The minimum Gasteiger partial charge on any atom is -0.374 e. The summed E-state index contributed by atoms with van der Waals surface area (Å²) in [5.41, 5.74) is 0. The molecule has 6 heteroatoms. The molecule has 0 aromatic heterocycles. The van der Waals surface area contributed by atoms with E-state index in [-0.39, 0.29) is 17.9 Å². The zero-order chi connectivity index (χ0) is 14.3. The molecule has 1 aliphatic rings. The van der Waals surface area contributed by atoms with Crippen LogP contribution in [0.25, 0.3) is 0 Å². The second kappa shape index (κ2) is 8.19. The molecular formula is C13H28N2O3S. The second-order valence-corrected chi connectivity index (χ2v) is 7.55. The average molecular weight is 292 g/mol. The van der Waals surface area contributed by atoms with Crippen molar-refractivity contribution >= 4 is 9.84 Å². The van der Waals surface area contributed by atoms with E-state index in [0.29, 0.717) is 6.42 Å². The van der Waals surface area contributed by atoms with Crippen molar-refractivity contribution in [1.82, 2.24) is 10.2 Å². The summed E-state index contributed by atoms with van der Waals surface area (Å²) in [6, 6.07) is 0.124. The van der Waals surface area contributed by atoms with E-state index in [1.807, 2.05) is 6.92 Å². The first-order valence-corrected chi connectivity index (χ1v) is 9.27. The highest BCUT2D eigenvalue weighted by molar-refractivity contribution is 7.90. The molecule has 1 heterocycles. The van der Waals surface area contributed by atoms with Gasteiger partial charge in [0.25, 0.3) is 0 Å². The van der Waals surface area contributed by atoms with Crippen molar-refractivity contribution in [2.75, 3.05) is 44.8 Å². The van der Waals surface area contributed by atoms with Gasteiger partial charge >= 0.3 is 0 Å². The standard InChI is InChI=1S/C13H28N2O3S/c1-4-7-15-8-9-18-13(11-15)12(14-5-2)6-10-19(3,16)17/h12-14H,4-11H2,1-3H3. The summed E-state index contributed by atoms with van der Waals surface area (Å²) in [7, 11) is -2.91. The first-order chi connectivity index (χ1) is 8.96. The maximum absolute atomic E-state index is 11.3. The normalized spacial score (nSPS) is 23.4. The maximum atomic E-state index is 11.3. The molecular weight excluding hydrogens is 264 g/mol. The van der Waals surface area contributed by atoms with E-state index in [1.54, 1.807) is 0 Å². The molecule has 0 amide bonds. The number of morpholine rings is 1. The van der Waals surface area contributed by atoms with Crippen LogP contribution < -0.4 is 5.32 Å². The van der Waals surface area contributed by atoms with E-state index >= 15 is 0 Å². The Morgan fingerprint density at radius 3 is 2.74 bits per heavy atom. The Hall–Kier alpha value is -0.170.